The number of aromatic nitrogens is 1. The summed E-state index contributed by atoms with van der Waals surface area (Å²) >= 11 is 0. The number of carbonyl (C=O) groups excluding carboxylic acids is 1. The minimum absolute atomic E-state index is 0.0240. The zero-order chi connectivity index (χ0) is 14.6. The Morgan fingerprint density at radius 3 is 2.65 bits per heavy atom. The average Bonchev–Trinajstić information content (AvgIpc) is 2.39. The fourth-order valence-corrected chi connectivity index (χ4v) is 1.96. The van der Waals surface area contributed by atoms with E-state index >= 15 is 0 Å². The molecule has 0 bridgehead atoms. The minimum atomic E-state index is -0.0240. The van der Waals surface area contributed by atoms with Gasteiger partial charge in [-0.25, -0.2) is 0 Å². The van der Waals surface area contributed by atoms with Gasteiger partial charge in [0.25, 0.3) is 0 Å². The molecular formula is C17H20N2O. The Morgan fingerprint density at radius 1 is 1.20 bits per heavy atom. The summed E-state index contributed by atoms with van der Waals surface area (Å²) in [5, 5.41) is 2.94. The lowest BCUT2D eigenvalue weighted by Gasteiger charge is -2.19. The first-order valence-electron chi connectivity index (χ1n) is 6.74. The van der Waals surface area contributed by atoms with E-state index in [9.17, 15) is 4.79 Å². The summed E-state index contributed by atoms with van der Waals surface area (Å²) in [4.78, 5) is 16.0. The molecule has 1 aromatic carbocycles. The summed E-state index contributed by atoms with van der Waals surface area (Å²) in [6.45, 7) is 6.47. The lowest BCUT2D eigenvalue weighted by molar-refractivity contribution is -0.115. The fourth-order valence-electron chi connectivity index (χ4n) is 1.96. The quantitative estimate of drug-likeness (QED) is 0.924. The van der Waals surface area contributed by atoms with E-state index in [0.717, 1.165) is 11.3 Å². The van der Waals surface area contributed by atoms with Gasteiger partial charge in [-0.3, -0.25) is 9.78 Å². The molecule has 3 heteroatoms. The van der Waals surface area contributed by atoms with E-state index in [1.807, 2.05) is 30.3 Å². The number of benzene rings is 1. The molecule has 1 N–H and O–H groups in total. The Kier molecular flexibility index (Phi) is 4.18. The summed E-state index contributed by atoms with van der Waals surface area (Å²) in [5.74, 6) is -0.0240. The van der Waals surface area contributed by atoms with Crippen molar-refractivity contribution in [1.29, 1.82) is 0 Å². The smallest absolute Gasteiger partial charge is 0.228 e. The summed E-state index contributed by atoms with van der Waals surface area (Å²) in [7, 11) is 0. The SMILES string of the molecule is CC(C)(C)c1cccc(NC(=O)Cc2cccnc2)c1. The third-order valence-corrected chi connectivity index (χ3v) is 3.10. The second-order valence-corrected chi connectivity index (χ2v) is 5.92. The molecule has 3 nitrogen and oxygen atoms in total. The molecule has 0 radical (unpaired) electrons. The van der Waals surface area contributed by atoms with Gasteiger partial charge in [0.05, 0.1) is 6.42 Å². The molecule has 0 spiro atoms. The Bertz CT molecular complexity index is 585. The maximum absolute atomic E-state index is 12.0. The van der Waals surface area contributed by atoms with Crippen LogP contribution in [0, 0.1) is 0 Å². The highest BCUT2D eigenvalue weighted by molar-refractivity contribution is 5.92. The molecule has 0 atom stereocenters. The van der Waals surface area contributed by atoms with Gasteiger partial charge < -0.3 is 5.32 Å². The highest BCUT2D eigenvalue weighted by Gasteiger charge is 2.14. The van der Waals surface area contributed by atoms with Crippen LogP contribution in [0.25, 0.3) is 0 Å². The van der Waals surface area contributed by atoms with Gasteiger partial charge in [0.1, 0.15) is 0 Å². The van der Waals surface area contributed by atoms with Gasteiger partial charge in [-0.1, -0.05) is 39.0 Å². The molecule has 1 aromatic heterocycles. The predicted octanol–water partition coefficient (Wildman–Crippen LogP) is 3.56. The number of nitrogens with zero attached hydrogens (tertiary/aromatic N) is 1. The first-order valence-corrected chi connectivity index (χ1v) is 6.74. The maximum Gasteiger partial charge on any atom is 0.228 e. The summed E-state index contributed by atoms with van der Waals surface area (Å²) in [6, 6.07) is 11.7. The summed E-state index contributed by atoms with van der Waals surface area (Å²) in [6.07, 6.45) is 3.76. The zero-order valence-electron chi connectivity index (χ0n) is 12.2. The van der Waals surface area contributed by atoms with Crippen LogP contribution in [-0.4, -0.2) is 10.9 Å². The predicted molar refractivity (Wildman–Crippen MR) is 81.7 cm³/mol. The fraction of sp³-hybridized carbons (Fsp3) is 0.294. The second kappa shape index (κ2) is 5.87. The molecule has 1 amide bonds. The van der Waals surface area contributed by atoms with Gasteiger partial charge in [-0.05, 0) is 34.7 Å². The molecule has 2 aromatic rings. The average molecular weight is 268 g/mol. The van der Waals surface area contributed by atoms with Crippen LogP contribution in [0.5, 0.6) is 0 Å². The highest BCUT2D eigenvalue weighted by atomic mass is 16.1. The third-order valence-electron chi connectivity index (χ3n) is 3.10. The van der Waals surface area contributed by atoms with Crippen molar-refractivity contribution in [2.45, 2.75) is 32.6 Å². The van der Waals surface area contributed by atoms with Crippen molar-refractivity contribution in [1.82, 2.24) is 4.98 Å². The van der Waals surface area contributed by atoms with Crippen molar-refractivity contribution in [3.05, 3.63) is 59.9 Å². The standard InChI is InChI=1S/C17H20N2O/c1-17(2,3)14-7-4-8-15(11-14)19-16(20)10-13-6-5-9-18-12-13/h4-9,11-12H,10H2,1-3H3,(H,19,20). The molecule has 0 fully saturated rings. The monoisotopic (exact) mass is 268 g/mol. The lowest BCUT2D eigenvalue weighted by atomic mass is 9.87. The number of amides is 1. The van der Waals surface area contributed by atoms with Crippen molar-refractivity contribution in [2.24, 2.45) is 0 Å². The van der Waals surface area contributed by atoms with Crippen LogP contribution in [0.3, 0.4) is 0 Å². The Balaban J connectivity index is 2.05. The van der Waals surface area contributed by atoms with Gasteiger partial charge in [0.15, 0.2) is 0 Å². The van der Waals surface area contributed by atoms with Crippen molar-refractivity contribution >= 4 is 11.6 Å². The van der Waals surface area contributed by atoms with E-state index in [2.05, 4.69) is 37.1 Å². The van der Waals surface area contributed by atoms with Crippen LogP contribution in [-0.2, 0) is 16.6 Å². The van der Waals surface area contributed by atoms with Crippen molar-refractivity contribution < 1.29 is 4.79 Å². The van der Waals surface area contributed by atoms with Crippen LogP contribution in [0.4, 0.5) is 5.69 Å². The Labute approximate surface area is 120 Å². The van der Waals surface area contributed by atoms with Crippen LogP contribution in [0.15, 0.2) is 48.8 Å². The van der Waals surface area contributed by atoms with Crippen molar-refractivity contribution in [2.75, 3.05) is 5.32 Å². The topological polar surface area (TPSA) is 42.0 Å². The van der Waals surface area contributed by atoms with E-state index < -0.39 is 0 Å². The highest BCUT2D eigenvalue weighted by Crippen LogP contribution is 2.24. The Morgan fingerprint density at radius 2 is 2.00 bits per heavy atom. The van der Waals surface area contributed by atoms with E-state index in [4.69, 9.17) is 0 Å². The molecule has 2 rings (SSSR count). The molecule has 0 aliphatic carbocycles. The number of hydrogen-bond acceptors (Lipinski definition) is 2. The van der Waals surface area contributed by atoms with E-state index in [-0.39, 0.29) is 11.3 Å². The summed E-state index contributed by atoms with van der Waals surface area (Å²) < 4.78 is 0. The third kappa shape index (κ3) is 3.92. The normalized spacial score (nSPS) is 11.2. The molecule has 1 heterocycles. The number of pyridine rings is 1. The van der Waals surface area contributed by atoms with Crippen molar-refractivity contribution in [3.8, 4) is 0 Å². The second-order valence-electron chi connectivity index (χ2n) is 5.92. The number of carbonyl (C=O) groups is 1. The van der Waals surface area contributed by atoms with Crippen LogP contribution < -0.4 is 5.32 Å². The van der Waals surface area contributed by atoms with Crippen LogP contribution in [0.1, 0.15) is 31.9 Å². The molecule has 0 aliphatic heterocycles. The molecule has 20 heavy (non-hydrogen) atoms. The van der Waals surface area contributed by atoms with Crippen LogP contribution in [0.2, 0.25) is 0 Å². The lowest BCUT2D eigenvalue weighted by Crippen LogP contribution is -2.16. The first kappa shape index (κ1) is 14.3. The van der Waals surface area contributed by atoms with Gasteiger partial charge in [0.2, 0.25) is 5.91 Å². The Hall–Kier alpha value is -2.16. The van der Waals surface area contributed by atoms with Crippen molar-refractivity contribution in [3.63, 3.8) is 0 Å². The van der Waals surface area contributed by atoms with E-state index in [1.54, 1.807) is 12.4 Å². The van der Waals surface area contributed by atoms with Crippen LogP contribution >= 0.6 is 0 Å². The number of anilines is 1. The molecular weight excluding hydrogens is 248 g/mol. The number of hydrogen-bond donors (Lipinski definition) is 1. The van der Waals surface area contributed by atoms with E-state index in [0.29, 0.717) is 6.42 Å². The molecule has 0 saturated carbocycles. The van der Waals surface area contributed by atoms with Gasteiger partial charge in [0, 0.05) is 18.1 Å². The number of rotatable bonds is 3. The van der Waals surface area contributed by atoms with Gasteiger partial charge in [-0.2, -0.15) is 0 Å². The summed E-state index contributed by atoms with van der Waals surface area (Å²) in [5.41, 5.74) is 3.03. The van der Waals surface area contributed by atoms with Gasteiger partial charge >= 0.3 is 0 Å². The molecule has 0 aliphatic rings. The van der Waals surface area contributed by atoms with Gasteiger partial charge in [-0.15, -0.1) is 0 Å². The molecule has 0 unspecified atom stereocenters. The largest absolute Gasteiger partial charge is 0.326 e. The molecule has 104 valence electrons. The maximum atomic E-state index is 12.0. The first-order chi connectivity index (χ1) is 9.45. The zero-order valence-corrected chi connectivity index (χ0v) is 12.2. The van der Waals surface area contributed by atoms with E-state index in [1.165, 1.54) is 5.56 Å². The number of nitrogens with one attached hydrogen (secondary N) is 1. The minimum Gasteiger partial charge on any atom is -0.326 e. The molecule has 0 saturated heterocycles.